The molecule has 4 rings (SSSR count). The van der Waals surface area contributed by atoms with E-state index in [1.165, 1.54) is 28.3 Å². The Labute approximate surface area is 169 Å². The van der Waals surface area contributed by atoms with Crippen LogP contribution in [0.4, 0.5) is 0 Å². The number of aryl methyl sites for hydroxylation is 2. The molecule has 150 valence electrons. The molecule has 0 saturated carbocycles. The third-order valence-corrected chi connectivity index (χ3v) is 5.75. The minimum atomic E-state index is -0.245. The van der Waals surface area contributed by atoms with E-state index in [2.05, 4.69) is 15.2 Å². The van der Waals surface area contributed by atoms with Crippen LogP contribution < -0.4 is 11.3 Å². The van der Waals surface area contributed by atoms with Crippen LogP contribution in [0.3, 0.4) is 0 Å². The van der Waals surface area contributed by atoms with Gasteiger partial charge in [-0.15, -0.1) is 11.3 Å². The van der Waals surface area contributed by atoms with Crippen LogP contribution in [0.2, 0.25) is 0 Å². The fourth-order valence-corrected chi connectivity index (χ4v) is 4.48. The van der Waals surface area contributed by atoms with Gasteiger partial charge in [-0.3, -0.25) is 9.48 Å². The molecule has 0 fully saturated rings. The maximum Gasteiger partial charge on any atom is 0.291 e. The average Bonchev–Trinajstić information content (AvgIpc) is 3.32. The van der Waals surface area contributed by atoms with E-state index in [1.807, 2.05) is 0 Å². The average molecular weight is 412 g/mol. The molecule has 0 unspecified atom stereocenters. The second-order valence-corrected chi connectivity index (χ2v) is 7.77. The number of nitrogens with two attached hydrogens (primary N) is 1. The Balaban J connectivity index is 1.77. The van der Waals surface area contributed by atoms with Gasteiger partial charge in [-0.1, -0.05) is 0 Å². The van der Waals surface area contributed by atoms with Gasteiger partial charge < -0.3 is 20.8 Å². The van der Waals surface area contributed by atoms with Gasteiger partial charge in [-0.25, -0.2) is 9.67 Å². The van der Waals surface area contributed by atoms with Crippen LogP contribution in [0.1, 0.15) is 16.3 Å². The predicted octanol–water partition coefficient (Wildman–Crippen LogP) is 0.653. The number of aromatic nitrogens is 6. The van der Waals surface area contributed by atoms with E-state index in [4.69, 9.17) is 11.1 Å². The molecule has 0 aliphatic carbocycles. The van der Waals surface area contributed by atoms with Gasteiger partial charge in [0.15, 0.2) is 5.65 Å². The number of nitrogens with one attached hydrogen (secondary N) is 1. The first-order chi connectivity index (χ1) is 13.9. The van der Waals surface area contributed by atoms with Crippen molar-refractivity contribution in [2.24, 2.45) is 19.8 Å². The van der Waals surface area contributed by atoms with Crippen LogP contribution in [0.25, 0.3) is 21.3 Å². The number of hydrogen-bond acceptors (Lipinski definition) is 8. The minimum absolute atomic E-state index is 0.152. The molecule has 0 aromatic carbocycles. The van der Waals surface area contributed by atoms with Crippen molar-refractivity contribution in [2.45, 2.75) is 19.6 Å². The number of fused-ring (bicyclic) bond motifs is 3. The number of aliphatic hydroxyl groups is 1. The van der Waals surface area contributed by atoms with E-state index in [-0.39, 0.29) is 18.7 Å². The lowest BCUT2D eigenvalue weighted by Gasteiger charge is -2.05. The van der Waals surface area contributed by atoms with Crippen LogP contribution >= 0.6 is 11.3 Å². The SMILES string of the molecule is Cn1cc(CO)c(Cn2ncc3c4sc(CC(=N)/C=C\N)nc4n(C)c3c2=O)n1. The normalized spacial score (nSPS) is 12.0. The Morgan fingerprint density at radius 3 is 2.93 bits per heavy atom. The summed E-state index contributed by atoms with van der Waals surface area (Å²) in [6, 6.07) is 0. The highest BCUT2D eigenvalue weighted by Crippen LogP contribution is 2.31. The molecule has 0 saturated heterocycles. The quantitative estimate of drug-likeness (QED) is 0.397. The Morgan fingerprint density at radius 1 is 1.41 bits per heavy atom. The van der Waals surface area contributed by atoms with Gasteiger partial charge >= 0.3 is 0 Å². The van der Waals surface area contributed by atoms with Gasteiger partial charge in [0.1, 0.15) is 10.5 Å². The Bertz CT molecular complexity index is 1320. The van der Waals surface area contributed by atoms with Crippen LogP contribution in [0, 0.1) is 5.41 Å². The topological polar surface area (TPSA) is 141 Å². The second kappa shape index (κ2) is 7.26. The highest BCUT2D eigenvalue weighted by Gasteiger charge is 2.19. The van der Waals surface area contributed by atoms with Crippen molar-refractivity contribution in [1.29, 1.82) is 5.41 Å². The molecule has 11 heteroatoms. The number of aliphatic hydroxyl groups excluding tert-OH is 1. The van der Waals surface area contributed by atoms with Gasteiger partial charge in [0.25, 0.3) is 5.56 Å². The van der Waals surface area contributed by atoms with Gasteiger partial charge in [-0.05, 0) is 12.3 Å². The van der Waals surface area contributed by atoms with E-state index < -0.39 is 0 Å². The van der Waals surface area contributed by atoms with E-state index in [1.54, 1.807) is 35.7 Å². The van der Waals surface area contributed by atoms with Crippen molar-refractivity contribution in [3.05, 3.63) is 51.3 Å². The molecule has 0 amide bonds. The molecule has 0 atom stereocenters. The van der Waals surface area contributed by atoms with E-state index in [0.29, 0.717) is 34.6 Å². The molecule has 4 N–H and O–H groups in total. The summed E-state index contributed by atoms with van der Waals surface area (Å²) in [6.45, 7) is 0.0205. The summed E-state index contributed by atoms with van der Waals surface area (Å²) in [4.78, 5) is 17.7. The van der Waals surface area contributed by atoms with Crippen LogP contribution in [-0.2, 0) is 33.7 Å². The number of rotatable bonds is 6. The van der Waals surface area contributed by atoms with E-state index >= 15 is 0 Å². The molecule has 4 aromatic rings. The first kappa shape index (κ1) is 19.0. The number of hydrogen-bond donors (Lipinski definition) is 3. The molecular formula is C18H20N8O2S. The molecule has 0 aliphatic heterocycles. The number of allylic oxidation sites excluding steroid dienone is 1. The summed E-state index contributed by atoms with van der Waals surface area (Å²) in [5, 5.41) is 27.5. The van der Waals surface area contributed by atoms with Crippen molar-refractivity contribution in [1.82, 2.24) is 29.1 Å². The summed E-state index contributed by atoms with van der Waals surface area (Å²) >= 11 is 1.45. The van der Waals surface area contributed by atoms with Gasteiger partial charge in [-0.2, -0.15) is 10.2 Å². The lowest BCUT2D eigenvalue weighted by molar-refractivity contribution is 0.280. The maximum atomic E-state index is 13.1. The van der Waals surface area contributed by atoms with Crippen molar-refractivity contribution in [3.8, 4) is 0 Å². The summed E-state index contributed by atoms with van der Waals surface area (Å²) < 4.78 is 5.58. The molecule has 0 bridgehead atoms. The summed E-state index contributed by atoms with van der Waals surface area (Å²) in [6.07, 6.45) is 6.63. The van der Waals surface area contributed by atoms with Gasteiger partial charge in [0, 0.05) is 43.4 Å². The second-order valence-electron chi connectivity index (χ2n) is 6.68. The number of nitrogens with zero attached hydrogens (tertiary/aromatic N) is 6. The number of thiazole rings is 1. The van der Waals surface area contributed by atoms with Crippen molar-refractivity contribution < 1.29 is 5.11 Å². The van der Waals surface area contributed by atoms with E-state index in [9.17, 15) is 9.90 Å². The molecule has 10 nitrogen and oxygen atoms in total. The Kier molecular flexibility index (Phi) is 4.76. The molecular weight excluding hydrogens is 392 g/mol. The highest BCUT2D eigenvalue weighted by atomic mass is 32.1. The van der Waals surface area contributed by atoms with Crippen molar-refractivity contribution in [3.63, 3.8) is 0 Å². The monoisotopic (exact) mass is 412 g/mol. The fraction of sp³-hybridized carbons (Fsp3) is 0.278. The lowest BCUT2D eigenvalue weighted by atomic mass is 10.2. The molecule has 0 aliphatic rings. The first-order valence-electron chi connectivity index (χ1n) is 8.84. The molecule has 0 radical (unpaired) electrons. The van der Waals surface area contributed by atoms with Crippen LogP contribution in [-0.4, -0.2) is 39.9 Å². The van der Waals surface area contributed by atoms with Gasteiger partial charge in [0.05, 0.1) is 29.7 Å². The van der Waals surface area contributed by atoms with Crippen LogP contribution in [0.5, 0.6) is 0 Å². The third-order valence-electron chi connectivity index (χ3n) is 4.67. The third kappa shape index (κ3) is 3.23. The smallest absolute Gasteiger partial charge is 0.291 e. The van der Waals surface area contributed by atoms with Crippen molar-refractivity contribution >= 4 is 38.3 Å². The molecule has 4 heterocycles. The zero-order valence-corrected chi connectivity index (χ0v) is 16.8. The van der Waals surface area contributed by atoms with Gasteiger partial charge in [0.2, 0.25) is 0 Å². The summed E-state index contributed by atoms with van der Waals surface area (Å²) in [5.41, 5.74) is 7.92. The van der Waals surface area contributed by atoms with E-state index in [0.717, 1.165) is 15.1 Å². The first-order valence-corrected chi connectivity index (χ1v) is 9.66. The molecule has 29 heavy (non-hydrogen) atoms. The summed E-state index contributed by atoms with van der Waals surface area (Å²) in [7, 11) is 3.56. The predicted molar refractivity (Wildman–Crippen MR) is 111 cm³/mol. The Hall–Kier alpha value is -3.31. The largest absolute Gasteiger partial charge is 0.405 e. The zero-order valence-electron chi connectivity index (χ0n) is 16.0. The van der Waals surface area contributed by atoms with Crippen molar-refractivity contribution in [2.75, 3.05) is 0 Å². The molecule has 4 aromatic heterocycles. The van der Waals surface area contributed by atoms with Crippen LogP contribution in [0.15, 0.2) is 29.5 Å². The minimum Gasteiger partial charge on any atom is -0.405 e. The Morgan fingerprint density at radius 2 is 2.21 bits per heavy atom. The maximum absolute atomic E-state index is 13.1. The fourth-order valence-electron chi connectivity index (χ4n) is 3.35. The lowest BCUT2D eigenvalue weighted by Crippen LogP contribution is -2.25. The standard InChI is InChI=1S/C18H20N8O2S/c1-24-7-10(9-27)13(23-24)8-26-18(28)15-12(6-21-26)16-17(25(15)2)22-14(29-16)5-11(20)3-4-19/h3-4,6-7,20,27H,5,8-9,19H2,1-2H3/b4-3-,20-11?. The molecule has 0 spiro atoms. The summed E-state index contributed by atoms with van der Waals surface area (Å²) in [5.74, 6) is 0. The zero-order chi connectivity index (χ0) is 20.7. The highest BCUT2D eigenvalue weighted by molar-refractivity contribution is 7.19.